The summed E-state index contributed by atoms with van der Waals surface area (Å²) in [5, 5.41) is 0. The number of amides is 1. The maximum absolute atomic E-state index is 12.2. The summed E-state index contributed by atoms with van der Waals surface area (Å²) in [6.07, 6.45) is 0. The molecule has 0 aliphatic rings. The van der Waals surface area contributed by atoms with Gasteiger partial charge in [-0.25, -0.2) is 0 Å². The first kappa shape index (κ1) is 17.2. The zero-order valence-electron chi connectivity index (χ0n) is 14.7. The standard InChI is InChI=1S/C19H20N2O3S/c1-12-8-16-17(9-13(12)2)25-19(21(16)3)20-18(22)11-24-15-7-5-6-14(10-15)23-4/h5-10H,11H2,1-4H3. The van der Waals surface area contributed by atoms with Gasteiger partial charge in [0.25, 0.3) is 5.91 Å². The van der Waals surface area contributed by atoms with E-state index in [1.54, 1.807) is 19.2 Å². The van der Waals surface area contributed by atoms with Gasteiger partial charge in [-0.2, -0.15) is 4.99 Å². The molecular weight excluding hydrogens is 336 g/mol. The molecule has 1 amide bonds. The van der Waals surface area contributed by atoms with Crippen molar-refractivity contribution in [2.45, 2.75) is 13.8 Å². The Kier molecular flexibility index (Phi) is 4.90. The normalized spacial score (nSPS) is 11.8. The van der Waals surface area contributed by atoms with Crippen molar-refractivity contribution in [1.82, 2.24) is 4.57 Å². The first-order chi connectivity index (χ1) is 12.0. The highest BCUT2D eigenvalue weighted by atomic mass is 32.1. The lowest BCUT2D eigenvalue weighted by Crippen LogP contribution is -2.17. The van der Waals surface area contributed by atoms with Crippen molar-refractivity contribution in [2.75, 3.05) is 13.7 Å². The molecule has 1 aromatic heterocycles. The SMILES string of the molecule is COc1cccc(OCC(=O)N=c2sc3cc(C)c(C)cc3n2C)c1. The van der Waals surface area contributed by atoms with Crippen LogP contribution in [-0.2, 0) is 11.8 Å². The summed E-state index contributed by atoms with van der Waals surface area (Å²) in [5.41, 5.74) is 3.53. The monoisotopic (exact) mass is 356 g/mol. The van der Waals surface area contributed by atoms with Gasteiger partial charge in [-0.3, -0.25) is 4.79 Å². The third kappa shape index (κ3) is 3.74. The topological polar surface area (TPSA) is 52.8 Å². The van der Waals surface area contributed by atoms with Gasteiger partial charge in [-0.05, 0) is 49.2 Å². The van der Waals surface area contributed by atoms with Gasteiger partial charge in [-0.1, -0.05) is 17.4 Å². The highest BCUT2D eigenvalue weighted by Crippen LogP contribution is 2.21. The summed E-state index contributed by atoms with van der Waals surface area (Å²) in [5.74, 6) is 0.941. The number of carbonyl (C=O) groups excluding carboxylic acids is 1. The molecule has 5 nitrogen and oxygen atoms in total. The van der Waals surface area contributed by atoms with Crippen LogP contribution in [0.15, 0.2) is 41.4 Å². The minimum atomic E-state index is -0.321. The molecule has 6 heteroatoms. The number of methoxy groups -OCH3 is 1. The summed E-state index contributed by atoms with van der Waals surface area (Å²) in [6, 6.07) is 11.4. The van der Waals surface area contributed by atoms with Gasteiger partial charge in [-0.15, -0.1) is 0 Å². The highest BCUT2D eigenvalue weighted by molar-refractivity contribution is 7.16. The van der Waals surface area contributed by atoms with Gasteiger partial charge in [0.05, 0.1) is 17.3 Å². The number of hydrogen-bond donors (Lipinski definition) is 0. The fourth-order valence-corrected chi connectivity index (χ4v) is 3.58. The lowest BCUT2D eigenvalue weighted by molar-refractivity contribution is -0.120. The molecule has 3 aromatic rings. The summed E-state index contributed by atoms with van der Waals surface area (Å²) in [6.45, 7) is 4.05. The Bertz CT molecular complexity index is 1000. The van der Waals surface area contributed by atoms with Crippen LogP contribution in [0.25, 0.3) is 10.2 Å². The van der Waals surface area contributed by atoms with E-state index >= 15 is 0 Å². The minimum absolute atomic E-state index is 0.112. The third-order valence-electron chi connectivity index (χ3n) is 4.05. The summed E-state index contributed by atoms with van der Waals surface area (Å²) in [7, 11) is 3.51. The first-order valence-corrected chi connectivity index (χ1v) is 8.71. The van der Waals surface area contributed by atoms with Crippen LogP contribution in [0.5, 0.6) is 11.5 Å². The van der Waals surface area contributed by atoms with E-state index in [0.29, 0.717) is 16.3 Å². The van der Waals surface area contributed by atoms with Crippen molar-refractivity contribution in [3.8, 4) is 11.5 Å². The van der Waals surface area contributed by atoms with E-state index in [4.69, 9.17) is 9.47 Å². The molecule has 0 spiro atoms. The van der Waals surface area contributed by atoms with Crippen molar-refractivity contribution in [2.24, 2.45) is 12.0 Å². The second-order valence-corrected chi connectivity index (χ2v) is 6.83. The maximum atomic E-state index is 12.2. The molecule has 0 radical (unpaired) electrons. The maximum Gasteiger partial charge on any atom is 0.286 e. The van der Waals surface area contributed by atoms with Crippen LogP contribution >= 0.6 is 11.3 Å². The predicted molar refractivity (Wildman–Crippen MR) is 99.3 cm³/mol. The Morgan fingerprint density at radius 3 is 2.64 bits per heavy atom. The average Bonchev–Trinajstić information content (AvgIpc) is 2.89. The van der Waals surface area contributed by atoms with Gasteiger partial charge < -0.3 is 14.0 Å². The van der Waals surface area contributed by atoms with Crippen LogP contribution < -0.4 is 14.3 Å². The van der Waals surface area contributed by atoms with E-state index in [0.717, 1.165) is 10.2 Å². The second-order valence-electron chi connectivity index (χ2n) is 5.82. The lowest BCUT2D eigenvalue weighted by atomic mass is 10.1. The van der Waals surface area contributed by atoms with Gasteiger partial charge in [0.2, 0.25) is 0 Å². The van der Waals surface area contributed by atoms with Gasteiger partial charge >= 0.3 is 0 Å². The predicted octanol–water partition coefficient (Wildman–Crippen LogP) is 3.37. The molecular formula is C19H20N2O3S. The quantitative estimate of drug-likeness (QED) is 0.720. The fourth-order valence-electron chi connectivity index (χ4n) is 2.46. The molecule has 0 bridgehead atoms. The number of fused-ring (bicyclic) bond motifs is 1. The van der Waals surface area contributed by atoms with Crippen LogP contribution in [0.4, 0.5) is 0 Å². The van der Waals surface area contributed by atoms with Crippen molar-refractivity contribution in [3.05, 3.63) is 52.3 Å². The summed E-state index contributed by atoms with van der Waals surface area (Å²) in [4.78, 5) is 17.0. The lowest BCUT2D eigenvalue weighted by Gasteiger charge is -2.05. The number of rotatable bonds is 4. The molecule has 0 aliphatic carbocycles. The Hall–Kier alpha value is -2.60. The molecule has 0 atom stereocenters. The van der Waals surface area contributed by atoms with E-state index in [-0.39, 0.29) is 12.5 Å². The van der Waals surface area contributed by atoms with Crippen LogP contribution in [0.1, 0.15) is 11.1 Å². The number of carbonyl (C=O) groups is 1. The van der Waals surface area contributed by atoms with Gasteiger partial charge in [0.1, 0.15) is 11.5 Å². The average molecular weight is 356 g/mol. The molecule has 2 aromatic carbocycles. The summed E-state index contributed by atoms with van der Waals surface area (Å²) < 4.78 is 13.7. The number of aryl methyl sites for hydroxylation is 3. The van der Waals surface area contributed by atoms with Crippen LogP contribution in [0.3, 0.4) is 0 Å². The minimum Gasteiger partial charge on any atom is -0.497 e. The molecule has 3 rings (SSSR count). The molecule has 0 saturated heterocycles. The fraction of sp³-hybridized carbons (Fsp3) is 0.263. The van der Waals surface area contributed by atoms with Crippen molar-refractivity contribution < 1.29 is 14.3 Å². The molecule has 0 unspecified atom stereocenters. The van der Waals surface area contributed by atoms with Crippen LogP contribution in [-0.4, -0.2) is 24.2 Å². The number of thiazole rings is 1. The molecule has 25 heavy (non-hydrogen) atoms. The van der Waals surface area contributed by atoms with Crippen LogP contribution in [0, 0.1) is 13.8 Å². The molecule has 1 heterocycles. The van der Waals surface area contributed by atoms with Gasteiger partial charge in [0.15, 0.2) is 11.4 Å². The van der Waals surface area contributed by atoms with Crippen LogP contribution in [0.2, 0.25) is 0 Å². The Morgan fingerprint density at radius 2 is 1.88 bits per heavy atom. The van der Waals surface area contributed by atoms with E-state index < -0.39 is 0 Å². The zero-order valence-corrected chi connectivity index (χ0v) is 15.5. The Labute approximate surface area is 150 Å². The molecule has 130 valence electrons. The number of benzene rings is 2. The molecule has 0 N–H and O–H groups in total. The highest BCUT2D eigenvalue weighted by Gasteiger charge is 2.08. The Morgan fingerprint density at radius 1 is 1.16 bits per heavy atom. The number of nitrogens with zero attached hydrogens (tertiary/aromatic N) is 2. The summed E-state index contributed by atoms with van der Waals surface area (Å²) >= 11 is 1.50. The van der Waals surface area contributed by atoms with Crippen molar-refractivity contribution in [3.63, 3.8) is 0 Å². The molecule has 0 aliphatic heterocycles. The van der Waals surface area contributed by atoms with Crippen molar-refractivity contribution in [1.29, 1.82) is 0 Å². The third-order valence-corrected chi connectivity index (χ3v) is 5.14. The number of aromatic nitrogens is 1. The zero-order chi connectivity index (χ0) is 18.0. The first-order valence-electron chi connectivity index (χ1n) is 7.89. The molecule has 0 fully saturated rings. The Balaban J connectivity index is 1.81. The number of ether oxygens (including phenoxy) is 2. The van der Waals surface area contributed by atoms with E-state index in [2.05, 4.69) is 31.0 Å². The molecule has 0 saturated carbocycles. The number of hydrogen-bond acceptors (Lipinski definition) is 4. The largest absolute Gasteiger partial charge is 0.497 e. The van der Waals surface area contributed by atoms with Gasteiger partial charge in [0, 0.05) is 13.1 Å². The van der Waals surface area contributed by atoms with E-state index in [9.17, 15) is 4.79 Å². The van der Waals surface area contributed by atoms with Crippen molar-refractivity contribution >= 4 is 27.5 Å². The second kappa shape index (κ2) is 7.11. The van der Waals surface area contributed by atoms with E-state index in [1.165, 1.54) is 22.5 Å². The smallest absolute Gasteiger partial charge is 0.286 e. The van der Waals surface area contributed by atoms with E-state index in [1.807, 2.05) is 23.7 Å².